The van der Waals surface area contributed by atoms with Crippen LogP contribution >= 0.6 is 0 Å². The molecule has 0 aliphatic heterocycles. The van der Waals surface area contributed by atoms with E-state index in [2.05, 4.69) is 9.97 Å². The van der Waals surface area contributed by atoms with Gasteiger partial charge in [0.05, 0.1) is 18.2 Å². The highest BCUT2D eigenvalue weighted by Gasteiger charge is 2.14. The van der Waals surface area contributed by atoms with Gasteiger partial charge in [-0.05, 0) is 5.92 Å². The van der Waals surface area contributed by atoms with E-state index in [1.165, 1.54) is 12.5 Å². The summed E-state index contributed by atoms with van der Waals surface area (Å²) in [6.45, 7) is 3.68. The Hall–Kier alpha value is -0.860. The van der Waals surface area contributed by atoms with E-state index in [9.17, 15) is 4.39 Å². The number of hydrogen-bond donors (Lipinski definition) is 1. The standard InChI is InChI=1S/C7H11FN2/c1-5(2)7(8)6-3-9-4-10-6/h3-5,7H,1-2H3,(H,9,10). The highest BCUT2D eigenvalue weighted by Crippen LogP contribution is 2.22. The van der Waals surface area contributed by atoms with Gasteiger partial charge in [-0.3, -0.25) is 0 Å². The Morgan fingerprint density at radius 3 is 2.70 bits per heavy atom. The van der Waals surface area contributed by atoms with Gasteiger partial charge in [-0.1, -0.05) is 13.8 Å². The van der Waals surface area contributed by atoms with Crippen molar-refractivity contribution in [2.45, 2.75) is 20.0 Å². The second-order valence-corrected chi connectivity index (χ2v) is 2.65. The summed E-state index contributed by atoms with van der Waals surface area (Å²) < 4.78 is 13.0. The van der Waals surface area contributed by atoms with Crippen molar-refractivity contribution in [1.82, 2.24) is 9.97 Å². The zero-order chi connectivity index (χ0) is 7.56. The highest BCUT2D eigenvalue weighted by atomic mass is 19.1. The number of aromatic amines is 1. The summed E-state index contributed by atoms with van der Waals surface area (Å²) in [7, 11) is 0. The number of halogens is 1. The molecule has 1 N–H and O–H groups in total. The Balaban J connectivity index is 2.68. The third-order valence-electron chi connectivity index (χ3n) is 1.40. The molecule has 2 nitrogen and oxygen atoms in total. The first kappa shape index (κ1) is 7.25. The molecule has 56 valence electrons. The summed E-state index contributed by atoms with van der Waals surface area (Å²) >= 11 is 0. The number of nitrogens with zero attached hydrogens (tertiary/aromatic N) is 1. The van der Waals surface area contributed by atoms with Crippen molar-refractivity contribution >= 4 is 0 Å². The molecule has 0 aromatic carbocycles. The second kappa shape index (κ2) is 2.82. The van der Waals surface area contributed by atoms with Crippen LogP contribution in [0.1, 0.15) is 25.7 Å². The van der Waals surface area contributed by atoms with Gasteiger partial charge < -0.3 is 4.98 Å². The third-order valence-corrected chi connectivity index (χ3v) is 1.40. The number of nitrogens with one attached hydrogen (secondary N) is 1. The molecule has 0 fully saturated rings. The van der Waals surface area contributed by atoms with Crippen molar-refractivity contribution in [3.63, 3.8) is 0 Å². The summed E-state index contributed by atoms with van der Waals surface area (Å²) in [5.74, 6) is 0.0143. The van der Waals surface area contributed by atoms with Gasteiger partial charge in [0.2, 0.25) is 0 Å². The Labute approximate surface area is 59.5 Å². The molecule has 0 bridgehead atoms. The normalized spacial score (nSPS) is 14.0. The average molecular weight is 142 g/mol. The van der Waals surface area contributed by atoms with Crippen molar-refractivity contribution in [3.05, 3.63) is 18.2 Å². The van der Waals surface area contributed by atoms with Crippen molar-refractivity contribution in [2.75, 3.05) is 0 Å². The summed E-state index contributed by atoms with van der Waals surface area (Å²) in [6.07, 6.45) is 2.09. The van der Waals surface area contributed by atoms with Gasteiger partial charge in [-0.2, -0.15) is 0 Å². The summed E-state index contributed by atoms with van der Waals surface area (Å²) in [5.41, 5.74) is 0.565. The Bertz CT molecular complexity index is 181. The molecule has 10 heavy (non-hydrogen) atoms. The Kier molecular flexibility index (Phi) is 2.04. The van der Waals surface area contributed by atoms with Crippen LogP contribution in [0.4, 0.5) is 4.39 Å². The fourth-order valence-electron chi connectivity index (χ4n) is 0.777. The SMILES string of the molecule is CC(C)C(F)c1cnc[nH]1. The first-order valence-electron chi connectivity index (χ1n) is 3.34. The van der Waals surface area contributed by atoms with Crippen LogP contribution in [-0.2, 0) is 0 Å². The van der Waals surface area contributed by atoms with Crippen LogP contribution in [0.2, 0.25) is 0 Å². The molecule has 1 heterocycles. The molecule has 0 radical (unpaired) electrons. The maximum atomic E-state index is 13.0. The molecule has 3 heteroatoms. The van der Waals surface area contributed by atoms with Crippen molar-refractivity contribution in [2.24, 2.45) is 5.92 Å². The Morgan fingerprint density at radius 2 is 2.30 bits per heavy atom. The largest absolute Gasteiger partial charge is 0.346 e. The third kappa shape index (κ3) is 1.35. The molecule has 1 atom stereocenters. The lowest BCUT2D eigenvalue weighted by Crippen LogP contribution is -1.99. The van der Waals surface area contributed by atoms with Crippen LogP contribution in [0.15, 0.2) is 12.5 Å². The van der Waals surface area contributed by atoms with Gasteiger partial charge >= 0.3 is 0 Å². The van der Waals surface area contributed by atoms with Crippen LogP contribution in [-0.4, -0.2) is 9.97 Å². The number of alkyl halides is 1. The molecule has 0 spiro atoms. The lowest BCUT2D eigenvalue weighted by Gasteiger charge is -2.07. The minimum Gasteiger partial charge on any atom is -0.346 e. The first-order valence-corrected chi connectivity index (χ1v) is 3.34. The summed E-state index contributed by atoms with van der Waals surface area (Å²) in [6, 6.07) is 0. The second-order valence-electron chi connectivity index (χ2n) is 2.65. The molecule has 0 aliphatic carbocycles. The van der Waals surface area contributed by atoms with Gasteiger partial charge in [0, 0.05) is 0 Å². The molecule has 1 rings (SSSR count). The van der Waals surface area contributed by atoms with Gasteiger partial charge in [-0.25, -0.2) is 9.37 Å². The summed E-state index contributed by atoms with van der Waals surface area (Å²) in [5, 5.41) is 0. The Morgan fingerprint density at radius 1 is 1.60 bits per heavy atom. The fourth-order valence-corrected chi connectivity index (χ4v) is 0.777. The molecule has 0 aliphatic rings. The van der Waals surface area contributed by atoms with Crippen LogP contribution < -0.4 is 0 Å². The molecule has 1 aromatic heterocycles. The molecule has 1 unspecified atom stereocenters. The van der Waals surface area contributed by atoms with E-state index in [4.69, 9.17) is 0 Å². The number of rotatable bonds is 2. The van der Waals surface area contributed by atoms with E-state index < -0.39 is 6.17 Å². The lowest BCUT2D eigenvalue weighted by atomic mass is 10.1. The van der Waals surface area contributed by atoms with E-state index in [-0.39, 0.29) is 5.92 Å². The van der Waals surface area contributed by atoms with Crippen LogP contribution in [0.25, 0.3) is 0 Å². The van der Waals surface area contributed by atoms with E-state index in [0.717, 1.165) is 0 Å². The number of hydrogen-bond acceptors (Lipinski definition) is 1. The molecule has 0 saturated carbocycles. The van der Waals surface area contributed by atoms with Gasteiger partial charge in [-0.15, -0.1) is 0 Å². The van der Waals surface area contributed by atoms with E-state index in [1.54, 1.807) is 0 Å². The smallest absolute Gasteiger partial charge is 0.144 e. The molecule has 1 aromatic rings. The maximum absolute atomic E-state index is 13.0. The molecule has 0 amide bonds. The van der Waals surface area contributed by atoms with Crippen LogP contribution in [0.3, 0.4) is 0 Å². The number of aromatic nitrogens is 2. The highest BCUT2D eigenvalue weighted by molar-refractivity contribution is 4.99. The van der Waals surface area contributed by atoms with Crippen molar-refractivity contribution in [3.8, 4) is 0 Å². The average Bonchev–Trinajstić information content (AvgIpc) is 2.36. The van der Waals surface area contributed by atoms with E-state index in [1.807, 2.05) is 13.8 Å². The maximum Gasteiger partial charge on any atom is 0.144 e. The predicted octanol–water partition coefficient (Wildman–Crippen LogP) is 2.08. The van der Waals surface area contributed by atoms with Crippen LogP contribution in [0, 0.1) is 5.92 Å². The molecule has 0 saturated heterocycles. The minimum absolute atomic E-state index is 0.0143. The zero-order valence-electron chi connectivity index (χ0n) is 6.13. The predicted molar refractivity (Wildman–Crippen MR) is 37.3 cm³/mol. The first-order chi connectivity index (χ1) is 4.72. The topological polar surface area (TPSA) is 28.7 Å². The van der Waals surface area contributed by atoms with Gasteiger partial charge in [0.1, 0.15) is 6.17 Å². The van der Waals surface area contributed by atoms with Crippen LogP contribution in [0.5, 0.6) is 0 Å². The number of H-pyrrole nitrogens is 1. The van der Waals surface area contributed by atoms with Crippen molar-refractivity contribution < 1.29 is 4.39 Å². The number of imidazole rings is 1. The molecular weight excluding hydrogens is 131 g/mol. The van der Waals surface area contributed by atoms with Gasteiger partial charge in [0.25, 0.3) is 0 Å². The lowest BCUT2D eigenvalue weighted by molar-refractivity contribution is 0.256. The monoisotopic (exact) mass is 142 g/mol. The zero-order valence-corrected chi connectivity index (χ0v) is 6.13. The van der Waals surface area contributed by atoms with Crippen molar-refractivity contribution in [1.29, 1.82) is 0 Å². The molecular formula is C7H11FN2. The van der Waals surface area contributed by atoms with E-state index in [0.29, 0.717) is 5.69 Å². The van der Waals surface area contributed by atoms with E-state index >= 15 is 0 Å². The quantitative estimate of drug-likeness (QED) is 0.672. The summed E-state index contributed by atoms with van der Waals surface area (Å²) in [4.78, 5) is 6.46. The van der Waals surface area contributed by atoms with Gasteiger partial charge in [0.15, 0.2) is 0 Å². The minimum atomic E-state index is -0.914. The fraction of sp³-hybridized carbons (Fsp3) is 0.571.